The van der Waals surface area contributed by atoms with Crippen molar-refractivity contribution in [3.63, 3.8) is 0 Å². The van der Waals surface area contributed by atoms with E-state index >= 15 is 0 Å². The Morgan fingerprint density at radius 2 is 1.19 bits per heavy atom. The van der Waals surface area contributed by atoms with Crippen molar-refractivity contribution in [2.75, 3.05) is 6.61 Å². The zero-order chi connectivity index (χ0) is 64.8. The van der Waals surface area contributed by atoms with Gasteiger partial charge in [-0.2, -0.15) is 8.42 Å². The molecule has 0 amide bonds. The summed E-state index contributed by atoms with van der Waals surface area (Å²) >= 11 is 0. The minimum atomic E-state index is -4.46. The van der Waals surface area contributed by atoms with E-state index in [1.54, 1.807) is 37.3 Å². The molecule has 2 heterocycles. The summed E-state index contributed by atoms with van der Waals surface area (Å²) in [4.78, 5) is 0. The van der Waals surface area contributed by atoms with Crippen LogP contribution < -0.4 is 0 Å². The second-order valence-corrected chi connectivity index (χ2v) is 23.9. The Balaban J connectivity index is 1.84. The van der Waals surface area contributed by atoms with E-state index in [-0.39, 0.29) is 82.8 Å². The van der Waals surface area contributed by atoms with E-state index in [4.69, 9.17) is 14.0 Å². The highest BCUT2D eigenvalue weighted by Crippen LogP contribution is 2.32. The van der Waals surface area contributed by atoms with Crippen LogP contribution in [0.5, 0.6) is 0 Å². The van der Waals surface area contributed by atoms with Gasteiger partial charge in [-0.05, 0) is 96.0 Å². The van der Waals surface area contributed by atoms with Crippen molar-refractivity contribution in [2.45, 2.75) is 263 Å². The number of ether oxygens (including phenoxy) is 2. The van der Waals surface area contributed by atoms with Gasteiger partial charge in [0.25, 0.3) is 0 Å². The molecule has 86 heavy (non-hydrogen) atoms. The quantitative estimate of drug-likeness (QED) is 0.0150. The highest BCUT2D eigenvalue weighted by molar-refractivity contribution is 7.80. The topological polar surface area (TPSA) is 466 Å². The molecule has 0 aromatic carbocycles. The van der Waals surface area contributed by atoms with Crippen molar-refractivity contribution in [2.24, 2.45) is 5.92 Å². The summed E-state index contributed by atoms with van der Waals surface area (Å²) in [6, 6.07) is 0. The van der Waals surface area contributed by atoms with Gasteiger partial charge in [-0.3, -0.25) is 4.55 Å². The van der Waals surface area contributed by atoms with E-state index in [1.165, 1.54) is 49.5 Å². The second-order valence-electron chi connectivity index (χ2n) is 22.8. The molecule has 498 valence electrons. The van der Waals surface area contributed by atoms with Crippen LogP contribution in [0, 0.1) is 5.92 Å². The number of aliphatic hydroxyl groups is 19. The minimum Gasteiger partial charge on any atom is -0.393 e. The van der Waals surface area contributed by atoms with Crippen molar-refractivity contribution >= 4 is 10.4 Å². The Hall–Kier alpha value is -3.05. The van der Waals surface area contributed by atoms with Gasteiger partial charge in [0, 0.05) is 25.2 Å². The number of allylic oxidation sites excluding steroid dienone is 5. The first-order chi connectivity index (χ1) is 40.4. The molecule has 24 unspecified atom stereocenters. The van der Waals surface area contributed by atoms with Crippen LogP contribution in [-0.4, -0.2) is 257 Å². The molecule has 2 aliphatic heterocycles. The summed E-state index contributed by atoms with van der Waals surface area (Å²) < 4.78 is 45.5. The predicted molar refractivity (Wildman–Crippen MR) is 315 cm³/mol. The van der Waals surface area contributed by atoms with Crippen LogP contribution in [0.1, 0.15) is 123 Å². The molecule has 24 atom stereocenters. The maximum absolute atomic E-state index is 11.2. The first-order valence-electron chi connectivity index (χ1n) is 29.5. The lowest BCUT2D eigenvalue weighted by molar-refractivity contribution is -0.228. The molecule has 0 bridgehead atoms. The lowest BCUT2D eigenvalue weighted by atomic mass is 9.87. The van der Waals surface area contributed by atoms with Crippen LogP contribution in [0.3, 0.4) is 0 Å². The third kappa shape index (κ3) is 29.7. The number of hydrogen-bond acceptors (Lipinski definition) is 24. The van der Waals surface area contributed by atoms with Gasteiger partial charge in [0.15, 0.2) is 0 Å². The summed E-state index contributed by atoms with van der Waals surface area (Å²) in [6.45, 7) is 10.3. The molecule has 0 aromatic rings. The van der Waals surface area contributed by atoms with Crippen molar-refractivity contribution in [3.8, 4) is 0 Å². The first kappa shape index (κ1) is 79.0. The smallest absolute Gasteiger partial charge is 0.393 e. The zero-order valence-corrected chi connectivity index (χ0v) is 50.1. The highest BCUT2D eigenvalue weighted by Gasteiger charge is 2.46. The average Bonchev–Trinajstić information content (AvgIpc) is 2.17. The largest absolute Gasteiger partial charge is 0.397 e. The number of rotatable bonds is 43. The minimum absolute atomic E-state index is 0.00238. The maximum Gasteiger partial charge on any atom is 0.397 e. The summed E-state index contributed by atoms with van der Waals surface area (Å²) in [7, 11) is -4.46. The Labute approximate surface area is 505 Å². The van der Waals surface area contributed by atoms with Gasteiger partial charge in [0.05, 0.1) is 98.2 Å². The molecule has 0 saturated carbocycles. The molecule has 2 saturated heterocycles. The van der Waals surface area contributed by atoms with E-state index < -0.39 is 157 Å². The molecule has 20 N–H and O–H groups in total. The number of aliphatic hydroxyl groups excluding tert-OH is 19. The normalized spacial score (nSPS) is 27.8. The molecule has 0 aromatic heterocycles. The maximum atomic E-state index is 11.2. The van der Waals surface area contributed by atoms with Crippen LogP contribution in [0.25, 0.3) is 0 Å². The molecule has 0 aliphatic carbocycles. The van der Waals surface area contributed by atoms with Crippen molar-refractivity contribution in [1.29, 1.82) is 0 Å². The van der Waals surface area contributed by atoms with Gasteiger partial charge in [-0.1, -0.05) is 98.4 Å². The van der Waals surface area contributed by atoms with Crippen LogP contribution in [0.2, 0.25) is 0 Å². The molecule has 0 spiro atoms. The van der Waals surface area contributed by atoms with Gasteiger partial charge in [0.1, 0.15) is 48.8 Å². The molecular weight excluding hydrogens is 1150 g/mol. The number of unbranched alkanes of at least 4 members (excludes halogenated alkanes) is 3. The Kier molecular flexibility index (Phi) is 38.0. The average molecular weight is 1260 g/mol. The second kappa shape index (κ2) is 41.4. The molecule has 26 heteroatoms. The molecule has 2 rings (SSSR count). The fourth-order valence-electron chi connectivity index (χ4n) is 9.83. The van der Waals surface area contributed by atoms with Crippen LogP contribution >= 0.6 is 0 Å². The van der Waals surface area contributed by atoms with Crippen molar-refractivity contribution in [3.05, 3.63) is 97.2 Å². The number of hydrogen-bond donors (Lipinski definition) is 20. The van der Waals surface area contributed by atoms with Gasteiger partial charge >= 0.3 is 10.4 Å². The molecular formula is C60H102O25S. The van der Waals surface area contributed by atoms with Crippen LogP contribution in [0.4, 0.5) is 0 Å². The summed E-state index contributed by atoms with van der Waals surface area (Å²) in [6.07, 6.45) is -12.3. The van der Waals surface area contributed by atoms with Gasteiger partial charge in [-0.15, -0.1) is 6.58 Å². The van der Waals surface area contributed by atoms with Crippen molar-refractivity contribution < 1.29 is 124 Å². The lowest BCUT2D eigenvalue weighted by Crippen LogP contribution is -2.58. The molecule has 0 radical (unpaired) electrons. The van der Waals surface area contributed by atoms with Gasteiger partial charge in [0.2, 0.25) is 0 Å². The highest BCUT2D eigenvalue weighted by atomic mass is 32.3. The SMILES string of the molecule is C=CCCC(O)/C=C/C=C/C(O)C(O)C/C=C/CC(O)C1OC(C(O)C(O)C(=C)CCC(O)C2CC(O)C(O)C(C(O)C(O)/C=C(\C)CCC(O)CC(O)C(O)C(C)C(O)C(O)C/C=C/CC(O)/C=C/CCCCCOS(=O)(=O)O)O2)CC(O)C1O. The molecule has 2 fully saturated rings. The predicted octanol–water partition coefficient (Wildman–Crippen LogP) is -1.06. The summed E-state index contributed by atoms with van der Waals surface area (Å²) in [5, 5.41) is 203. The van der Waals surface area contributed by atoms with Crippen molar-refractivity contribution in [1.82, 2.24) is 0 Å². The van der Waals surface area contributed by atoms with E-state index in [0.29, 0.717) is 44.1 Å². The van der Waals surface area contributed by atoms with Gasteiger partial charge in [-0.25, -0.2) is 4.18 Å². The van der Waals surface area contributed by atoms with Crippen LogP contribution in [-0.2, 0) is 24.1 Å². The van der Waals surface area contributed by atoms with Gasteiger partial charge < -0.3 is 106 Å². The monoisotopic (exact) mass is 1250 g/mol. The van der Waals surface area contributed by atoms with E-state index in [1.807, 2.05) is 0 Å². The van der Waals surface area contributed by atoms with E-state index in [0.717, 1.165) is 0 Å². The Morgan fingerprint density at radius 3 is 1.84 bits per heavy atom. The van der Waals surface area contributed by atoms with E-state index in [9.17, 15) is 105 Å². The fraction of sp³-hybridized carbons (Fsp3) is 0.733. The standard InChI is InChI=1S/C60H102O25S/c1-5-6-18-38(61)20-11-13-22-41(64)42(65)23-15-16-25-45(68)59-55(76)49(72)34-51(85-59)58(79)52(73)36(3)27-29-43(66)50-33-48(71)57(78)60(84-50)56(77)46(69)31-35(2)26-28-40(63)32-47(70)54(75)37(4)53(74)44(67)24-14-12-21-39(62)19-10-8-7-9-17-30-83-86(80,81)82/h5,10-16,19-20,22,31,37-79H,1,3,6-9,17-18,21,23-30,32-34H2,2,4H3,(H,80,81,82)/b14-12+,16-15+,19-10+,20-11+,22-13+,35-31+. The zero-order valence-electron chi connectivity index (χ0n) is 49.3. The molecule has 25 nitrogen and oxygen atoms in total. The Bertz CT molecular complexity index is 2190. The van der Waals surface area contributed by atoms with Crippen LogP contribution in [0.15, 0.2) is 97.2 Å². The third-order valence-corrected chi connectivity index (χ3v) is 15.9. The molecule has 2 aliphatic rings. The summed E-state index contributed by atoms with van der Waals surface area (Å²) in [5.41, 5.74) is 0.440. The third-order valence-electron chi connectivity index (χ3n) is 15.4. The Morgan fingerprint density at radius 1 is 0.605 bits per heavy atom. The fourth-order valence-corrected chi connectivity index (χ4v) is 10.2. The lowest BCUT2D eigenvalue weighted by Gasteiger charge is -2.42. The first-order valence-corrected chi connectivity index (χ1v) is 30.9. The van der Waals surface area contributed by atoms with E-state index in [2.05, 4.69) is 17.3 Å². The summed E-state index contributed by atoms with van der Waals surface area (Å²) in [5.74, 6) is -1.04.